The molecule has 1 aromatic carbocycles. The van der Waals surface area contributed by atoms with Gasteiger partial charge in [0.05, 0.1) is 5.69 Å². The molecule has 0 saturated carbocycles. The lowest BCUT2D eigenvalue weighted by Gasteiger charge is -2.07. The normalized spacial score (nSPS) is 10.5. The standard InChI is InChI=1S/C11H8ClFN2O2/c1-6-2-3-7(13)4-8(6)15-10(16)5-9(12)14-11(15)17/h2-5H,1H3,(H,14,17). The Hall–Kier alpha value is -1.88. The SMILES string of the molecule is Cc1ccc(F)cc1-n1c(=O)cc(Cl)[nH]c1=O. The van der Waals surface area contributed by atoms with E-state index in [0.717, 1.165) is 16.7 Å². The Morgan fingerprint density at radius 3 is 2.65 bits per heavy atom. The third-order valence-corrected chi connectivity index (χ3v) is 2.52. The second kappa shape index (κ2) is 4.18. The Balaban J connectivity index is 2.82. The molecule has 1 aromatic heterocycles. The minimum Gasteiger partial charge on any atom is -0.297 e. The molecule has 6 heteroatoms. The first kappa shape index (κ1) is 11.6. The summed E-state index contributed by atoms with van der Waals surface area (Å²) in [5, 5.41) is -0.0506. The van der Waals surface area contributed by atoms with E-state index in [0.29, 0.717) is 5.56 Å². The Morgan fingerprint density at radius 2 is 2.00 bits per heavy atom. The summed E-state index contributed by atoms with van der Waals surface area (Å²) in [5.74, 6) is -0.521. The Morgan fingerprint density at radius 1 is 1.29 bits per heavy atom. The van der Waals surface area contributed by atoms with Gasteiger partial charge >= 0.3 is 5.69 Å². The molecule has 0 unspecified atom stereocenters. The van der Waals surface area contributed by atoms with Crippen LogP contribution >= 0.6 is 11.6 Å². The van der Waals surface area contributed by atoms with Crippen molar-refractivity contribution in [3.05, 3.63) is 61.6 Å². The third kappa shape index (κ3) is 2.14. The zero-order chi connectivity index (χ0) is 12.6. The highest BCUT2D eigenvalue weighted by Crippen LogP contribution is 2.12. The predicted molar refractivity (Wildman–Crippen MR) is 62.4 cm³/mol. The van der Waals surface area contributed by atoms with E-state index in [1.807, 2.05) is 0 Å². The minimum atomic E-state index is -0.698. The van der Waals surface area contributed by atoms with E-state index in [4.69, 9.17) is 11.6 Å². The highest BCUT2D eigenvalue weighted by molar-refractivity contribution is 6.29. The first-order chi connectivity index (χ1) is 7.99. The summed E-state index contributed by atoms with van der Waals surface area (Å²) in [4.78, 5) is 25.6. The molecule has 0 aliphatic heterocycles. The molecular weight excluding hydrogens is 247 g/mol. The van der Waals surface area contributed by atoms with Crippen LogP contribution in [0.4, 0.5) is 4.39 Å². The fourth-order valence-corrected chi connectivity index (χ4v) is 1.69. The van der Waals surface area contributed by atoms with E-state index in [2.05, 4.69) is 4.98 Å². The molecule has 0 atom stereocenters. The predicted octanol–water partition coefficient (Wildman–Crippen LogP) is 1.63. The van der Waals surface area contributed by atoms with Crippen molar-refractivity contribution in [1.82, 2.24) is 9.55 Å². The molecular formula is C11H8ClFN2O2. The van der Waals surface area contributed by atoms with Gasteiger partial charge in [-0.05, 0) is 24.6 Å². The van der Waals surface area contributed by atoms with Gasteiger partial charge in [-0.25, -0.2) is 13.8 Å². The van der Waals surface area contributed by atoms with E-state index < -0.39 is 17.1 Å². The number of benzene rings is 1. The molecule has 0 saturated heterocycles. The molecule has 0 radical (unpaired) electrons. The number of hydrogen-bond acceptors (Lipinski definition) is 2. The van der Waals surface area contributed by atoms with Crippen LogP contribution in [0.15, 0.2) is 33.9 Å². The van der Waals surface area contributed by atoms with Crippen LogP contribution in [0.5, 0.6) is 0 Å². The van der Waals surface area contributed by atoms with E-state index in [-0.39, 0.29) is 10.8 Å². The van der Waals surface area contributed by atoms with Crippen LogP contribution in [0, 0.1) is 12.7 Å². The van der Waals surface area contributed by atoms with Crippen molar-refractivity contribution in [3.63, 3.8) is 0 Å². The zero-order valence-electron chi connectivity index (χ0n) is 8.83. The van der Waals surface area contributed by atoms with Crippen LogP contribution in [-0.4, -0.2) is 9.55 Å². The summed E-state index contributed by atoms with van der Waals surface area (Å²) in [6, 6.07) is 4.94. The zero-order valence-corrected chi connectivity index (χ0v) is 9.58. The van der Waals surface area contributed by atoms with Gasteiger partial charge in [0.1, 0.15) is 11.0 Å². The van der Waals surface area contributed by atoms with E-state index >= 15 is 0 Å². The Bertz CT molecular complexity index is 659. The second-order valence-electron chi connectivity index (χ2n) is 3.53. The van der Waals surface area contributed by atoms with Crippen molar-refractivity contribution >= 4 is 11.6 Å². The van der Waals surface area contributed by atoms with Crippen molar-refractivity contribution in [1.29, 1.82) is 0 Å². The topological polar surface area (TPSA) is 54.9 Å². The van der Waals surface area contributed by atoms with Crippen LogP contribution in [0.3, 0.4) is 0 Å². The maximum atomic E-state index is 13.1. The van der Waals surface area contributed by atoms with Gasteiger partial charge < -0.3 is 0 Å². The molecule has 0 aliphatic carbocycles. The molecule has 17 heavy (non-hydrogen) atoms. The lowest BCUT2D eigenvalue weighted by molar-refractivity contribution is 0.625. The molecule has 0 bridgehead atoms. The molecule has 0 spiro atoms. The van der Waals surface area contributed by atoms with Gasteiger partial charge in [-0.2, -0.15) is 0 Å². The summed E-state index contributed by atoms with van der Waals surface area (Å²) in [6.45, 7) is 1.68. The van der Waals surface area contributed by atoms with Crippen LogP contribution in [0.1, 0.15) is 5.56 Å². The first-order valence-corrected chi connectivity index (χ1v) is 5.15. The first-order valence-electron chi connectivity index (χ1n) is 4.77. The fourth-order valence-electron chi connectivity index (χ4n) is 1.52. The van der Waals surface area contributed by atoms with Gasteiger partial charge in [0.25, 0.3) is 5.56 Å². The summed E-state index contributed by atoms with van der Waals surface area (Å²) in [5.41, 5.74) is -0.488. The van der Waals surface area contributed by atoms with Gasteiger partial charge in [-0.15, -0.1) is 0 Å². The number of aryl methyl sites for hydroxylation is 1. The van der Waals surface area contributed by atoms with Crippen LogP contribution in [0.2, 0.25) is 5.15 Å². The average molecular weight is 255 g/mol. The molecule has 0 aliphatic rings. The number of nitrogens with zero attached hydrogens (tertiary/aromatic N) is 1. The lowest BCUT2D eigenvalue weighted by atomic mass is 10.2. The molecule has 88 valence electrons. The largest absolute Gasteiger partial charge is 0.334 e. The summed E-state index contributed by atoms with van der Waals surface area (Å²) in [7, 11) is 0. The maximum Gasteiger partial charge on any atom is 0.334 e. The highest BCUT2D eigenvalue weighted by atomic mass is 35.5. The van der Waals surface area contributed by atoms with E-state index in [1.165, 1.54) is 12.1 Å². The van der Waals surface area contributed by atoms with Crippen molar-refractivity contribution in [3.8, 4) is 5.69 Å². The number of nitrogens with one attached hydrogen (secondary N) is 1. The molecule has 4 nitrogen and oxygen atoms in total. The summed E-state index contributed by atoms with van der Waals surface area (Å²) in [6.07, 6.45) is 0. The van der Waals surface area contributed by atoms with E-state index in [1.54, 1.807) is 6.92 Å². The molecule has 1 N–H and O–H groups in total. The van der Waals surface area contributed by atoms with Gasteiger partial charge in [0.2, 0.25) is 0 Å². The number of aromatic amines is 1. The van der Waals surface area contributed by atoms with Gasteiger partial charge in [0.15, 0.2) is 0 Å². The van der Waals surface area contributed by atoms with Gasteiger partial charge in [0, 0.05) is 6.07 Å². The van der Waals surface area contributed by atoms with Crippen molar-refractivity contribution in [2.45, 2.75) is 6.92 Å². The second-order valence-corrected chi connectivity index (χ2v) is 3.93. The van der Waals surface area contributed by atoms with Gasteiger partial charge in [-0.3, -0.25) is 9.78 Å². The fraction of sp³-hybridized carbons (Fsp3) is 0.0909. The summed E-state index contributed by atoms with van der Waals surface area (Å²) < 4.78 is 14.0. The monoisotopic (exact) mass is 254 g/mol. The lowest BCUT2D eigenvalue weighted by Crippen LogP contribution is -2.33. The van der Waals surface area contributed by atoms with Crippen molar-refractivity contribution < 1.29 is 4.39 Å². The molecule has 0 amide bonds. The molecule has 2 rings (SSSR count). The summed E-state index contributed by atoms with van der Waals surface area (Å²) >= 11 is 5.54. The molecule has 2 aromatic rings. The van der Waals surface area contributed by atoms with Crippen LogP contribution < -0.4 is 11.2 Å². The number of aromatic nitrogens is 2. The van der Waals surface area contributed by atoms with Crippen molar-refractivity contribution in [2.75, 3.05) is 0 Å². The smallest absolute Gasteiger partial charge is 0.297 e. The minimum absolute atomic E-state index is 0.0506. The van der Waals surface area contributed by atoms with Crippen LogP contribution in [0.25, 0.3) is 5.69 Å². The Labute approximate surface area is 100 Å². The number of halogens is 2. The highest BCUT2D eigenvalue weighted by Gasteiger charge is 2.09. The van der Waals surface area contributed by atoms with Crippen molar-refractivity contribution in [2.24, 2.45) is 0 Å². The quantitative estimate of drug-likeness (QED) is 0.787. The van der Waals surface area contributed by atoms with E-state index in [9.17, 15) is 14.0 Å². The van der Waals surface area contributed by atoms with Gasteiger partial charge in [-0.1, -0.05) is 17.7 Å². The number of hydrogen-bond donors (Lipinski definition) is 1. The Kier molecular flexibility index (Phi) is 2.85. The van der Waals surface area contributed by atoms with Crippen LogP contribution in [-0.2, 0) is 0 Å². The average Bonchev–Trinajstić information content (AvgIpc) is 2.21. The molecule has 1 heterocycles. The maximum absolute atomic E-state index is 13.1. The number of rotatable bonds is 1. The number of H-pyrrole nitrogens is 1. The molecule has 0 fully saturated rings. The third-order valence-electron chi connectivity index (χ3n) is 2.31.